The predicted octanol–water partition coefficient (Wildman–Crippen LogP) is 8.55. The van der Waals surface area contributed by atoms with Gasteiger partial charge in [-0.25, -0.2) is 4.79 Å². The van der Waals surface area contributed by atoms with Gasteiger partial charge in [0.1, 0.15) is 5.00 Å². The van der Waals surface area contributed by atoms with Crippen LogP contribution >= 0.6 is 11.3 Å². The fourth-order valence-electron chi connectivity index (χ4n) is 6.18. The van der Waals surface area contributed by atoms with E-state index in [2.05, 4.69) is 35.0 Å². The van der Waals surface area contributed by atoms with Crippen molar-refractivity contribution in [2.24, 2.45) is 0 Å². The first kappa shape index (κ1) is 33.8. The Hall–Kier alpha value is -5.05. The van der Waals surface area contributed by atoms with Gasteiger partial charge in [0.05, 0.1) is 18.2 Å². The molecule has 5 aromatic rings. The lowest BCUT2D eigenvalue weighted by atomic mass is 9.95. The van der Waals surface area contributed by atoms with Crippen LogP contribution in [0, 0.1) is 0 Å². The van der Waals surface area contributed by atoms with Crippen LogP contribution in [-0.4, -0.2) is 24.9 Å². The summed E-state index contributed by atoms with van der Waals surface area (Å²) in [6, 6.07) is 33.4. The van der Waals surface area contributed by atoms with Crippen LogP contribution in [-0.2, 0) is 37.0 Å². The normalized spacial score (nSPS) is 12.9. The Kier molecular flexibility index (Phi) is 11.0. The highest BCUT2D eigenvalue weighted by molar-refractivity contribution is 7.17. The molecule has 3 N–H and O–H groups in total. The van der Waals surface area contributed by atoms with Crippen LogP contribution in [0.5, 0.6) is 0 Å². The van der Waals surface area contributed by atoms with Gasteiger partial charge in [0.25, 0.3) is 11.8 Å². The second-order valence-electron chi connectivity index (χ2n) is 12.4. The molecule has 1 aliphatic carbocycles. The quantitative estimate of drug-likeness (QED) is 0.116. The van der Waals surface area contributed by atoms with Crippen molar-refractivity contribution in [3.05, 3.63) is 153 Å². The number of anilines is 2. The largest absolute Gasteiger partial charge is 0.465 e. The number of fused-ring (bicyclic) bond motifs is 1. The molecule has 8 heteroatoms. The third kappa shape index (κ3) is 8.52. The maximum absolute atomic E-state index is 13.8. The minimum absolute atomic E-state index is 0.173. The number of hydrogen-bond donors (Lipinski definition) is 3. The number of esters is 1. The number of carbonyl (C=O) groups is 3. The number of nitrogens with one attached hydrogen (secondary N) is 3. The number of amides is 2. The first-order chi connectivity index (χ1) is 23.9. The van der Waals surface area contributed by atoms with Crippen LogP contribution in [0.1, 0.15) is 89.6 Å². The lowest BCUT2D eigenvalue weighted by Crippen LogP contribution is -2.20. The standard InChI is InChI=1S/C41H41N3O4S/c1-27(31-10-4-3-5-11-31)42-26-30-9-8-12-33(25-30)38(45)44-40-37(35-13-6-7-14-36(35)49-40)39(46)43-34-23-19-29(20-24-34)16-15-28-17-21-32(22-18-28)41(47)48-2/h3-5,8-12,17-25,27,42H,6-7,13-16,26H2,1-2H3,(H,43,46)(H,44,45)/t27-/m1/s1. The summed E-state index contributed by atoms with van der Waals surface area (Å²) in [5, 5.41) is 10.3. The van der Waals surface area contributed by atoms with Gasteiger partial charge in [-0.2, -0.15) is 0 Å². The molecule has 7 nitrogen and oxygen atoms in total. The molecule has 0 saturated heterocycles. The number of carbonyl (C=O) groups excluding carboxylic acids is 3. The van der Waals surface area contributed by atoms with Crippen LogP contribution in [0.3, 0.4) is 0 Å². The smallest absolute Gasteiger partial charge is 0.337 e. The average Bonchev–Trinajstić information content (AvgIpc) is 3.51. The lowest BCUT2D eigenvalue weighted by Gasteiger charge is -2.15. The Morgan fingerprint density at radius 1 is 0.735 bits per heavy atom. The predicted molar refractivity (Wildman–Crippen MR) is 197 cm³/mol. The van der Waals surface area contributed by atoms with Gasteiger partial charge in [-0.1, -0.05) is 66.7 Å². The third-order valence-corrected chi connectivity index (χ3v) is 10.2. The van der Waals surface area contributed by atoms with Crippen molar-refractivity contribution >= 4 is 39.8 Å². The molecule has 0 aliphatic heterocycles. The van der Waals surface area contributed by atoms with Crippen LogP contribution in [0.4, 0.5) is 10.7 Å². The Balaban J connectivity index is 1.10. The Labute approximate surface area is 291 Å². The van der Waals surface area contributed by atoms with Crippen molar-refractivity contribution in [3.8, 4) is 0 Å². The van der Waals surface area contributed by atoms with Crippen molar-refractivity contribution in [2.75, 3.05) is 17.7 Å². The Morgan fingerprint density at radius 2 is 1.43 bits per heavy atom. The first-order valence-electron chi connectivity index (χ1n) is 16.8. The third-order valence-electron chi connectivity index (χ3n) is 9.02. The van der Waals surface area contributed by atoms with E-state index in [1.54, 1.807) is 12.1 Å². The summed E-state index contributed by atoms with van der Waals surface area (Å²) in [6.45, 7) is 2.75. The number of benzene rings is 4. The lowest BCUT2D eigenvalue weighted by molar-refractivity contribution is 0.0600. The van der Waals surface area contributed by atoms with E-state index in [1.165, 1.54) is 28.9 Å². The van der Waals surface area contributed by atoms with Gasteiger partial charge < -0.3 is 20.7 Å². The van der Waals surface area contributed by atoms with Crippen molar-refractivity contribution in [2.45, 2.75) is 58.0 Å². The molecule has 2 amide bonds. The van der Waals surface area contributed by atoms with E-state index in [1.807, 2.05) is 78.9 Å². The van der Waals surface area contributed by atoms with E-state index >= 15 is 0 Å². The summed E-state index contributed by atoms with van der Waals surface area (Å²) in [5.41, 5.74) is 7.90. The molecule has 0 radical (unpaired) electrons. The van der Waals surface area contributed by atoms with Crippen LogP contribution < -0.4 is 16.0 Å². The van der Waals surface area contributed by atoms with Gasteiger partial charge in [0, 0.05) is 28.7 Å². The van der Waals surface area contributed by atoms with Gasteiger partial charge in [-0.3, -0.25) is 9.59 Å². The SMILES string of the molecule is COC(=O)c1ccc(CCc2ccc(NC(=O)c3c(NC(=O)c4cccc(CN[C@H](C)c5ccccc5)c4)sc4c3CCCC4)cc2)cc1. The fraction of sp³-hybridized carbons (Fsp3) is 0.244. The number of methoxy groups -OCH3 is 1. The summed E-state index contributed by atoms with van der Waals surface area (Å²) in [7, 11) is 1.38. The molecule has 0 bridgehead atoms. The van der Waals surface area contributed by atoms with E-state index in [-0.39, 0.29) is 23.8 Å². The molecule has 1 heterocycles. The van der Waals surface area contributed by atoms with Gasteiger partial charge in [0.15, 0.2) is 0 Å². The molecule has 6 rings (SSSR count). The summed E-state index contributed by atoms with van der Waals surface area (Å²) < 4.78 is 4.78. The fourth-order valence-corrected chi connectivity index (χ4v) is 7.47. The van der Waals surface area contributed by atoms with E-state index < -0.39 is 0 Å². The van der Waals surface area contributed by atoms with Crippen molar-refractivity contribution in [1.29, 1.82) is 0 Å². The van der Waals surface area contributed by atoms with E-state index in [9.17, 15) is 14.4 Å². The Bertz CT molecular complexity index is 1920. The highest BCUT2D eigenvalue weighted by Crippen LogP contribution is 2.39. The van der Waals surface area contributed by atoms with E-state index in [0.29, 0.717) is 33.9 Å². The Morgan fingerprint density at radius 3 is 2.14 bits per heavy atom. The van der Waals surface area contributed by atoms with Gasteiger partial charge in [-0.15, -0.1) is 11.3 Å². The average molecular weight is 672 g/mol. The van der Waals surface area contributed by atoms with Gasteiger partial charge >= 0.3 is 5.97 Å². The second-order valence-corrected chi connectivity index (χ2v) is 13.5. The van der Waals surface area contributed by atoms with E-state index in [0.717, 1.165) is 60.8 Å². The van der Waals surface area contributed by atoms with Crippen molar-refractivity contribution in [1.82, 2.24) is 5.32 Å². The maximum Gasteiger partial charge on any atom is 0.337 e. The molecule has 1 atom stereocenters. The van der Waals surface area contributed by atoms with Crippen LogP contribution in [0.25, 0.3) is 0 Å². The zero-order valence-electron chi connectivity index (χ0n) is 27.9. The number of ether oxygens (including phenoxy) is 1. The maximum atomic E-state index is 13.8. The molecule has 0 spiro atoms. The van der Waals surface area contributed by atoms with Crippen LogP contribution in [0.15, 0.2) is 103 Å². The topological polar surface area (TPSA) is 96.5 Å². The zero-order chi connectivity index (χ0) is 34.2. The van der Waals surface area contributed by atoms with E-state index in [4.69, 9.17) is 4.74 Å². The summed E-state index contributed by atoms with van der Waals surface area (Å²) >= 11 is 1.52. The number of hydrogen-bond acceptors (Lipinski definition) is 6. The summed E-state index contributed by atoms with van der Waals surface area (Å²) in [5.74, 6) is -0.777. The minimum atomic E-state index is -0.343. The monoisotopic (exact) mass is 671 g/mol. The van der Waals surface area contributed by atoms with Crippen molar-refractivity contribution < 1.29 is 19.1 Å². The van der Waals surface area contributed by atoms with Gasteiger partial charge in [0.2, 0.25) is 0 Å². The molecule has 4 aromatic carbocycles. The summed E-state index contributed by atoms with van der Waals surface area (Å²) in [6.07, 6.45) is 5.48. The molecule has 0 unspecified atom stereocenters. The molecule has 250 valence electrons. The molecule has 0 saturated carbocycles. The first-order valence-corrected chi connectivity index (χ1v) is 17.6. The number of aryl methyl sites for hydroxylation is 3. The number of thiophene rings is 1. The summed E-state index contributed by atoms with van der Waals surface area (Å²) in [4.78, 5) is 40.2. The van der Waals surface area contributed by atoms with Crippen molar-refractivity contribution in [3.63, 3.8) is 0 Å². The minimum Gasteiger partial charge on any atom is -0.465 e. The highest BCUT2D eigenvalue weighted by Gasteiger charge is 2.27. The molecule has 0 fully saturated rings. The molecule has 1 aromatic heterocycles. The van der Waals surface area contributed by atoms with Crippen LogP contribution in [0.2, 0.25) is 0 Å². The second kappa shape index (κ2) is 15.9. The molecular weight excluding hydrogens is 631 g/mol. The highest BCUT2D eigenvalue weighted by atomic mass is 32.1. The molecule has 1 aliphatic rings. The number of rotatable bonds is 12. The zero-order valence-corrected chi connectivity index (χ0v) is 28.7. The molecule has 49 heavy (non-hydrogen) atoms. The van der Waals surface area contributed by atoms with Gasteiger partial charge in [-0.05, 0) is 110 Å². The molecular formula is C41H41N3O4S.